The van der Waals surface area contributed by atoms with E-state index in [0.29, 0.717) is 6.54 Å². The molecule has 1 unspecified atom stereocenters. The number of nitrogens with two attached hydrogens (primary N) is 1. The highest BCUT2D eigenvalue weighted by Crippen LogP contribution is 2.16. The zero-order valence-electron chi connectivity index (χ0n) is 11.4. The van der Waals surface area contributed by atoms with Crippen LogP contribution >= 0.6 is 0 Å². The van der Waals surface area contributed by atoms with E-state index >= 15 is 0 Å². The van der Waals surface area contributed by atoms with Gasteiger partial charge in [0.05, 0.1) is 11.5 Å². The molecule has 0 aliphatic carbocycles. The van der Waals surface area contributed by atoms with Crippen molar-refractivity contribution in [2.45, 2.75) is 38.8 Å². The van der Waals surface area contributed by atoms with E-state index in [2.05, 4.69) is 5.32 Å². The molecule has 0 aliphatic heterocycles. The van der Waals surface area contributed by atoms with Crippen LogP contribution in [0, 0.1) is 0 Å². The van der Waals surface area contributed by atoms with Gasteiger partial charge in [-0.25, -0.2) is 0 Å². The molecule has 104 valence electrons. The van der Waals surface area contributed by atoms with Gasteiger partial charge in [-0.15, -0.1) is 0 Å². The topological polar surface area (TPSA) is 92.4 Å². The smallest absolute Gasteiger partial charge is 0.310 e. The number of benzene rings is 1. The van der Waals surface area contributed by atoms with Crippen LogP contribution in [0.15, 0.2) is 24.3 Å². The molecule has 0 radical (unpaired) electrons. The van der Waals surface area contributed by atoms with Crippen LogP contribution < -0.4 is 11.1 Å². The van der Waals surface area contributed by atoms with E-state index in [4.69, 9.17) is 10.8 Å². The van der Waals surface area contributed by atoms with Crippen LogP contribution in [0.4, 0.5) is 0 Å². The molecule has 1 atom stereocenters. The maximum Gasteiger partial charge on any atom is 0.310 e. The van der Waals surface area contributed by atoms with Crippen LogP contribution in [0.25, 0.3) is 0 Å². The average Bonchev–Trinajstić information content (AvgIpc) is 2.36. The first-order valence-electron chi connectivity index (χ1n) is 6.10. The van der Waals surface area contributed by atoms with Gasteiger partial charge < -0.3 is 10.8 Å². The van der Waals surface area contributed by atoms with Crippen molar-refractivity contribution in [3.63, 3.8) is 0 Å². The van der Waals surface area contributed by atoms with Gasteiger partial charge in [-0.1, -0.05) is 24.3 Å². The summed E-state index contributed by atoms with van der Waals surface area (Å²) < 4.78 is 0. The summed E-state index contributed by atoms with van der Waals surface area (Å²) in [6.07, 6.45) is 0. The number of hydrogen-bond acceptors (Lipinski definition) is 3. The first-order chi connectivity index (χ1) is 8.74. The Morgan fingerprint density at radius 1 is 1.32 bits per heavy atom. The fourth-order valence-electron chi connectivity index (χ4n) is 1.48. The maximum absolute atomic E-state index is 11.2. The highest BCUT2D eigenvalue weighted by Gasteiger charge is 2.23. The number of aliphatic carboxylic acids is 1. The number of carbonyl (C=O) groups is 2. The van der Waals surface area contributed by atoms with Gasteiger partial charge in [-0.05, 0) is 31.9 Å². The lowest BCUT2D eigenvalue weighted by molar-refractivity contribution is -0.138. The third-order valence-corrected chi connectivity index (χ3v) is 3.20. The van der Waals surface area contributed by atoms with E-state index in [0.717, 1.165) is 11.1 Å². The summed E-state index contributed by atoms with van der Waals surface area (Å²) >= 11 is 0. The van der Waals surface area contributed by atoms with E-state index in [9.17, 15) is 9.59 Å². The standard InChI is InChI=1S/C14H20N2O3/c1-9(12(17)18)11-6-4-10(5-7-11)8-16-14(2,3)13(15)19/h4-7,9,16H,8H2,1-3H3,(H2,15,19)(H,17,18). The zero-order valence-corrected chi connectivity index (χ0v) is 11.4. The molecule has 5 heteroatoms. The summed E-state index contributed by atoms with van der Waals surface area (Å²) in [6, 6.07) is 7.26. The first-order valence-corrected chi connectivity index (χ1v) is 6.10. The van der Waals surface area contributed by atoms with E-state index in [-0.39, 0.29) is 0 Å². The molecule has 0 bridgehead atoms. The monoisotopic (exact) mass is 264 g/mol. The summed E-state index contributed by atoms with van der Waals surface area (Å²) in [5, 5.41) is 12.0. The third kappa shape index (κ3) is 4.06. The second-order valence-electron chi connectivity index (χ2n) is 5.14. The number of primary amides is 1. The molecular formula is C14H20N2O3. The van der Waals surface area contributed by atoms with Gasteiger partial charge in [-0.2, -0.15) is 0 Å². The lowest BCUT2D eigenvalue weighted by Gasteiger charge is -2.22. The molecule has 1 rings (SSSR count). The van der Waals surface area contributed by atoms with Gasteiger partial charge in [-0.3, -0.25) is 14.9 Å². The fraction of sp³-hybridized carbons (Fsp3) is 0.429. The molecule has 0 heterocycles. The molecule has 0 spiro atoms. The van der Waals surface area contributed by atoms with Gasteiger partial charge in [0.1, 0.15) is 0 Å². The number of rotatable bonds is 6. The molecule has 0 saturated heterocycles. The van der Waals surface area contributed by atoms with Crippen LogP contribution in [0.2, 0.25) is 0 Å². The highest BCUT2D eigenvalue weighted by atomic mass is 16.4. The second kappa shape index (κ2) is 5.84. The quantitative estimate of drug-likeness (QED) is 0.720. The van der Waals surface area contributed by atoms with Crippen molar-refractivity contribution >= 4 is 11.9 Å². The van der Waals surface area contributed by atoms with Gasteiger partial charge in [0.25, 0.3) is 0 Å². The Morgan fingerprint density at radius 2 is 1.84 bits per heavy atom. The second-order valence-corrected chi connectivity index (χ2v) is 5.14. The average molecular weight is 264 g/mol. The van der Waals surface area contributed by atoms with Gasteiger partial charge in [0.15, 0.2) is 0 Å². The van der Waals surface area contributed by atoms with E-state index in [1.165, 1.54) is 0 Å². The molecule has 0 aromatic heterocycles. The van der Waals surface area contributed by atoms with Crippen molar-refractivity contribution < 1.29 is 14.7 Å². The number of hydrogen-bond donors (Lipinski definition) is 3. The molecule has 0 fully saturated rings. The Labute approximate surface area is 112 Å². The third-order valence-electron chi connectivity index (χ3n) is 3.20. The highest BCUT2D eigenvalue weighted by molar-refractivity contribution is 5.83. The molecule has 19 heavy (non-hydrogen) atoms. The predicted octanol–water partition coefficient (Wildman–Crippen LogP) is 1.23. The van der Waals surface area contributed by atoms with Crippen molar-refractivity contribution in [3.05, 3.63) is 35.4 Å². The lowest BCUT2D eigenvalue weighted by atomic mass is 9.99. The molecule has 1 aromatic rings. The SMILES string of the molecule is CC(C(=O)O)c1ccc(CNC(C)(C)C(N)=O)cc1. The van der Waals surface area contributed by atoms with Gasteiger partial charge in [0, 0.05) is 6.54 Å². The molecule has 0 aliphatic rings. The Hall–Kier alpha value is -1.88. The van der Waals surface area contributed by atoms with Crippen LogP contribution in [-0.4, -0.2) is 22.5 Å². The molecule has 4 N–H and O–H groups in total. The lowest BCUT2D eigenvalue weighted by Crippen LogP contribution is -2.50. The Morgan fingerprint density at radius 3 is 2.26 bits per heavy atom. The maximum atomic E-state index is 11.2. The number of carboxylic acids is 1. The predicted molar refractivity (Wildman–Crippen MR) is 72.6 cm³/mol. The minimum atomic E-state index is -0.847. The minimum absolute atomic E-state index is 0.413. The molecular weight excluding hydrogens is 244 g/mol. The normalized spacial score (nSPS) is 13.0. The summed E-state index contributed by atoms with van der Waals surface area (Å²) in [7, 11) is 0. The van der Waals surface area contributed by atoms with Crippen molar-refractivity contribution in [3.8, 4) is 0 Å². The Balaban J connectivity index is 2.68. The van der Waals surface area contributed by atoms with Crippen molar-refractivity contribution in [1.82, 2.24) is 5.32 Å². The van der Waals surface area contributed by atoms with Crippen LogP contribution in [-0.2, 0) is 16.1 Å². The van der Waals surface area contributed by atoms with Crippen LogP contribution in [0.5, 0.6) is 0 Å². The molecule has 1 amide bonds. The summed E-state index contributed by atoms with van der Waals surface area (Å²) in [6.45, 7) is 5.58. The van der Waals surface area contributed by atoms with Gasteiger partial charge in [0.2, 0.25) is 5.91 Å². The van der Waals surface area contributed by atoms with Gasteiger partial charge >= 0.3 is 5.97 Å². The minimum Gasteiger partial charge on any atom is -0.481 e. The fourth-order valence-corrected chi connectivity index (χ4v) is 1.48. The molecule has 0 saturated carbocycles. The molecule has 1 aromatic carbocycles. The number of carboxylic acid groups (broad SMARTS) is 1. The Bertz CT molecular complexity index is 466. The van der Waals surface area contributed by atoms with Crippen LogP contribution in [0.3, 0.4) is 0 Å². The summed E-state index contributed by atoms with van der Waals surface area (Å²) in [5.41, 5.74) is 6.22. The molecule has 5 nitrogen and oxygen atoms in total. The first kappa shape index (κ1) is 15.2. The number of carbonyl (C=O) groups excluding carboxylic acids is 1. The number of amides is 1. The van der Waals surface area contributed by atoms with E-state index in [1.54, 1.807) is 32.9 Å². The zero-order chi connectivity index (χ0) is 14.6. The van der Waals surface area contributed by atoms with E-state index in [1.807, 2.05) is 12.1 Å². The summed E-state index contributed by atoms with van der Waals surface area (Å²) in [5.74, 6) is -1.78. The van der Waals surface area contributed by atoms with Crippen molar-refractivity contribution in [2.24, 2.45) is 5.73 Å². The van der Waals surface area contributed by atoms with Crippen molar-refractivity contribution in [2.75, 3.05) is 0 Å². The Kier molecular flexibility index (Phi) is 4.67. The van der Waals surface area contributed by atoms with Crippen LogP contribution in [0.1, 0.15) is 37.8 Å². The largest absolute Gasteiger partial charge is 0.481 e. The number of nitrogens with one attached hydrogen (secondary N) is 1. The van der Waals surface area contributed by atoms with Crippen molar-refractivity contribution in [1.29, 1.82) is 0 Å². The summed E-state index contributed by atoms with van der Waals surface area (Å²) in [4.78, 5) is 22.0. The van der Waals surface area contributed by atoms with E-state index < -0.39 is 23.3 Å².